The predicted octanol–water partition coefficient (Wildman–Crippen LogP) is 4.12. The van der Waals surface area contributed by atoms with Crippen LogP contribution in [0.5, 0.6) is 0 Å². The van der Waals surface area contributed by atoms with Crippen molar-refractivity contribution in [2.75, 3.05) is 12.0 Å². The Bertz CT molecular complexity index is 758. The summed E-state index contributed by atoms with van der Waals surface area (Å²) in [6.45, 7) is 9.14. The van der Waals surface area contributed by atoms with Crippen molar-refractivity contribution in [2.24, 2.45) is 0 Å². The van der Waals surface area contributed by atoms with Crippen LogP contribution in [0.3, 0.4) is 0 Å². The molecule has 134 valence electrons. The van der Waals surface area contributed by atoms with E-state index in [1.165, 1.54) is 4.68 Å². The summed E-state index contributed by atoms with van der Waals surface area (Å²) in [7, 11) is 0. The topological polar surface area (TPSA) is 69.6 Å². The molecule has 6 nitrogen and oxygen atoms in total. The number of esters is 1. The van der Waals surface area contributed by atoms with Crippen LogP contribution in [0.2, 0.25) is 0 Å². The minimum atomic E-state index is -0.614. The number of amides is 1. The Morgan fingerprint density at radius 1 is 1.16 bits per heavy atom. The van der Waals surface area contributed by atoms with E-state index in [0.29, 0.717) is 16.8 Å². The lowest BCUT2D eigenvalue weighted by Crippen LogP contribution is -2.31. The first-order valence-electron chi connectivity index (χ1n) is 8.17. The molecular formula is C19H24N2O4. The average Bonchev–Trinajstić information content (AvgIpc) is 2.83. The highest BCUT2D eigenvalue weighted by atomic mass is 16.6. The molecule has 0 aliphatic heterocycles. The number of rotatable bonds is 4. The molecule has 6 heteroatoms. The highest BCUT2D eigenvalue weighted by Gasteiger charge is 2.23. The smallest absolute Gasteiger partial charge is 0.426 e. The number of nitrogens with one attached hydrogen (secondary N) is 1. The molecule has 2 aromatic rings. The van der Waals surface area contributed by atoms with Gasteiger partial charge in [-0.3, -0.25) is 4.68 Å². The number of nitrogens with zero attached hydrogens (tertiary/aromatic N) is 1. The Balaban J connectivity index is 2.42. The van der Waals surface area contributed by atoms with Crippen molar-refractivity contribution < 1.29 is 19.1 Å². The van der Waals surface area contributed by atoms with Crippen LogP contribution in [0.4, 0.5) is 4.79 Å². The zero-order valence-electron chi connectivity index (χ0n) is 15.3. The minimum Gasteiger partial charge on any atom is -0.462 e. The molecule has 0 unspecified atom stereocenters. The molecule has 1 amide bonds. The number of ether oxygens (including phenoxy) is 2. The molecule has 0 bridgehead atoms. The molecule has 0 saturated heterocycles. The van der Waals surface area contributed by atoms with Crippen LogP contribution in [0.25, 0.3) is 11.1 Å². The Hall–Kier alpha value is -2.76. The maximum Gasteiger partial charge on any atom is 0.426 e. The second-order valence-corrected chi connectivity index (χ2v) is 6.57. The maximum atomic E-state index is 12.4. The standard InChI is InChI=1S/C19H24N2O4/c1-6-24-17(22)16-13(2)21(20-18(23)25-19(3,4)5)12-15(16)14-10-8-7-9-11-14/h7-12H,6H2,1-5H3,(H,20,23). The largest absolute Gasteiger partial charge is 0.462 e. The summed E-state index contributed by atoms with van der Waals surface area (Å²) in [4.78, 5) is 24.5. The van der Waals surface area contributed by atoms with Crippen LogP contribution in [0.15, 0.2) is 36.5 Å². The summed E-state index contributed by atoms with van der Waals surface area (Å²) in [5.41, 5.74) is 4.57. The molecule has 1 aromatic heterocycles. The van der Waals surface area contributed by atoms with E-state index < -0.39 is 17.7 Å². The summed E-state index contributed by atoms with van der Waals surface area (Å²) in [6.07, 6.45) is 1.10. The number of benzene rings is 1. The fourth-order valence-electron chi connectivity index (χ4n) is 2.42. The van der Waals surface area contributed by atoms with Gasteiger partial charge in [-0.1, -0.05) is 30.3 Å². The van der Waals surface area contributed by atoms with Crippen molar-refractivity contribution in [3.05, 3.63) is 47.8 Å². The van der Waals surface area contributed by atoms with Crippen molar-refractivity contribution in [3.8, 4) is 11.1 Å². The number of hydrogen-bond acceptors (Lipinski definition) is 4. The Morgan fingerprint density at radius 2 is 1.80 bits per heavy atom. The number of carbonyl (C=O) groups excluding carboxylic acids is 2. The number of carbonyl (C=O) groups is 2. The molecule has 1 aromatic carbocycles. The zero-order chi connectivity index (χ0) is 18.6. The van der Waals surface area contributed by atoms with Crippen molar-refractivity contribution in [2.45, 2.75) is 40.2 Å². The molecule has 0 spiro atoms. The molecular weight excluding hydrogens is 320 g/mol. The molecule has 0 atom stereocenters. The van der Waals surface area contributed by atoms with Crippen LogP contribution in [-0.4, -0.2) is 28.9 Å². The van der Waals surface area contributed by atoms with Crippen LogP contribution in [-0.2, 0) is 9.47 Å². The van der Waals surface area contributed by atoms with Gasteiger partial charge in [-0.05, 0) is 40.2 Å². The summed E-state index contributed by atoms with van der Waals surface area (Å²) >= 11 is 0. The van der Waals surface area contributed by atoms with Crippen LogP contribution >= 0.6 is 0 Å². The van der Waals surface area contributed by atoms with Gasteiger partial charge in [0.05, 0.1) is 17.9 Å². The van der Waals surface area contributed by atoms with E-state index in [0.717, 1.165) is 5.56 Å². The van der Waals surface area contributed by atoms with Crippen molar-refractivity contribution in [3.63, 3.8) is 0 Å². The van der Waals surface area contributed by atoms with E-state index in [1.54, 1.807) is 40.8 Å². The second kappa shape index (κ2) is 7.42. The molecule has 0 fully saturated rings. The molecule has 1 heterocycles. The highest BCUT2D eigenvalue weighted by Crippen LogP contribution is 2.28. The minimum absolute atomic E-state index is 0.275. The summed E-state index contributed by atoms with van der Waals surface area (Å²) in [5.74, 6) is -0.427. The summed E-state index contributed by atoms with van der Waals surface area (Å²) in [6, 6.07) is 9.47. The van der Waals surface area contributed by atoms with Gasteiger partial charge in [0, 0.05) is 11.8 Å². The second-order valence-electron chi connectivity index (χ2n) is 6.57. The van der Waals surface area contributed by atoms with E-state index in [1.807, 2.05) is 30.3 Å². The predicted molar refractivity (Wildman–Crippen MR) is 96.2 cm³/mol. The van der Waals surface area contributed by atoms with Crippen LogP contribution in [0.1, 0.15) is 43.7 Å². The molecule has 25 heavy (non-hydrogen) atoms. The summed E-state index contributed by atoms with van der Waals surface area (Å²) in [5, 5.41) is 0. The Kier molecular flexibility index (Phi) is 5.51. The van der Waals surface area contributed by atoms with E-state index in [-0.39, 0.29) is 6.61 Å². The molecule has 1 N–H and O–H groups in total. The first-order chi connectivity index (χ1) is 11.7. The number of aromatic nitrogens is 1. The third-order valence-corrected chi connectivity index (χ3v) is 3.43. The third-order valence-electron chi connectivity index (χ3n) is 3.43. The van der Waals surface area contributed by atoms with Gasteiger partial charge in [-0.2, -0.15) is 0 Å². The van der Waals surface area contributed by atoms with E-state index in [9.17, 15) is 9.59 Å². The normalized spacial score (nSPS) is 11.1. The van der Waals surface area contributed by atoms with Gasteiger partial charge in [0.1, 0.15) is 5.60 Å². The van der Waals surface area contributed by atoms with E-state index in [4.69, 9.17) is 9.47 Å². The van der Waals surface area contributed by atoms with Gasteiger partial charge >= 0.3 is 12.1 Å². The van der Waals surface area contributed by atoms with Gasteiger partial charge in [-0.15, -0.1) is 0 Å². The first kappa shape index (κ1) is 18.6. The summed E-state index contributed by atoms with van der Waals surface area (Å²) < 4.78 is 11.9. The van der Waals surface area contributed by atoms with E-state index >= 15 is 0 Å². The maximum absolute atomic E-state index is 12.4. The van der Waals surface area contributed by atoms with Gasteiger partial charge in [0.25, 0.3) is 0 Å². The first-order valence-corrected chi connectivity index (χ1v) is 8.17. The van der Waals surface area contributed by atoms with Crippen LogP contribution in [0, 0.1) is 6.92 Å². The monoisotopic (exact) mass is 344 g/mol. The average molecular weight is 344 g/mol. The lowest BCUT2D eigenvalue weighted by molar-refractivity contribution is 0.0523. The number of hydrogen-bond donors (Lipinski definition) is 1. The Morgan fingerprint density at radius 3 is 2.36 bits per heavy atom. The van der Waals surface area contributed by atoms with Crippen LogP contribution < -0.4 is 5.43 Å². The van der Waals surface area contributed by atoms with E-state index in [2.05, 4.69) is 5.43 Å². The molecule has 0 aliphatic rings. The molecule has 2 rings (SSSR count). The van der Waals surface area contributed by atoms with Crippen molar-refractivity contribution >= 4 is 12.1 Å². The third kappa shape index (κ3) is 4.62. The lowest BCUT2D eigenvalue weighted by atomic mass is 10.0. The fraction of sp³-hybridized carbons (Fsp3) is 0.368. The van der Waals surface area contributed by atoms with Gasteiger partial charge in [-0.25, -0.2) is 15.0 Å². The molecule has 0 saturated carbocycles. The highest BCUT2D eigenvalue weighted by molar-refractivity contribution is 5.99. The Labute approximate surface area is 147 Å². The zero-order valence-corrected chi connectivity index (χ0v) is 15.3. The van der Waals surface area contributed by atoms with Gasteiger partial charge in [0.15, 0.2) is 0 Å². The molecule has 0 aliphatic carbocycles. The van der Waals surface area contributed by atoms with Gasteiger partial charge < -0.3 is 9.47 Å². The van der Waals surface area contributed by atoms with Gasteiger partial charge in [0.2, 0.25) is 0 Å². The fourth-order valence-corrected chi connectivity index (χ4v) is 2.42. The van der Waals surface area contributed by atoms with Crippen molar-refractivity contribution in [1.82, 2.24) is 4.68 Å². The molecule has 0 radical (unpaired) electrons. The van der Waals surface area contributed by atoms with Crippen molar-refractivity contribution in [1.29, 1.82) is 0 Å². The lowest BCUT2D eigenvalue weighted by Gasteiger charge is -2.20. The SMILES string of the molecule is CCOC(=O)c1c(-c2ccccc2)cn(NC(=O)OC(C)(C)C)c1C. The quantitative estimate of drug-likeness (QED) is 0.847.